The van der Waals surface area contributed by atoms with E-state index in [1.165, 1.54) is 6.92 Å². The van der Waals surface area contributed by atoms with Crippen molar-refractivity contribution in [3.63, 3.8) is 0 Å². The molecular formula is C17H23N3O2S. The van der Waals surface area contributed by atoms with Gasteiger partial charge in [-0.05, 0) is 25.0 Å². The predicted molar refractivity (Wildman–Crippen MR) is 93.2 cm³/mol. The number of hydrogen-bond acceptors (Lipinski definition) is 4. The van der Waals surface area contributed by atoms with E-state index in [1.54, 1.807) is 23.3 Å². The number of aromatic nitrogens is 1. The maximum Gasteiger partial charge on any atom is 0.245 e. The van der Waals surface area contributed by atoms with Crippen LogP contribution in [0.3, 0.4) is 0 Å². The van der Waals surface area contributed by atoms with Crippen molar-refractivity contribution in [2.45, 2.75) is 39.8 Å². The van der Waals surface area contributed by atoms with E-state index in [-0.39, 0.29) is 23.8 Å². The van der Waals surface area contributed by atoms with Gasteiger partial charge in [0.15, 0.2) is 0 Å². The fourth-order valence-electron chi connectivity index (χ4n) is 2.38. The van der Waals surface area contributed by atoms with Crippen LogP contribution >= 0.6 is 11.3 Å². The molecule has 0 saturated heterocycles. The molecule has 0 aliphatic carbocycles. The molecule has 0 spiro atoms. The molecule has 0 aliphatic rings. The zero-order valence-corrected chi connectivity index (χ0v) is 15.0. The maximum atomic E-state index is 12.7. The van der Waals surface area contributed by atoms with E-state index in [2.05, 4.69) is 10.3 Å². The first-order valence-corrected chi connectivity index (χ1v) is 8.52. The second-order valence-corrected chi connectivity index (χ2v) is 7.13. The Balaban J connectivity index is 2.21. The zero-order valence-electron chi connectivity index (χ0n) is 14.2. The van der Waals surface area contributed by atoms with Crippen molar-refractivity contribution in [1.82, 2.24) is 15.2 Å². The van der Waals surface area contributed by atoms with E-state index < -0.39 is 6.04 Å². The Labute approximate surface area is 140 Å². The Kier molecular flexibility index (Phi) is 5.36. The van der Waals surface area contributed by atoms with Gasteiger partial charge in [0.25, 0.3) is 0 Å². The number of rotatable bonds is 5. The first kappa shape index (κ1) is 17.4. The highest BCUT2D eigenvalue weighted by Gasteiger charge is 2.29. The van der Waals surface area contributed by atoms with E-state index in [9.17, 15) is 9.59 Å². The Bertz CT molecular complexity index is 678. The number of hydrogen-bond donors (Lipinski definition) is 1. The lowest BCUT2D eigenvalue weighted by Gasteiger charge is -2.30. The molecule has 1 N–H and O–H groups in total. The molecule has 0 bridgehead atoms. The van der Waals surface area contributed by atoms with Gasteiger partial charge in [-0.1, -0.05) is 26.0 Å². The molecule has 2 atom stereocenters. The maximum absolute atomic E-state index is 12.7. The molecule has 1 aromatic heterocycles. The number of thiazole rings is 1. The van der Waals surface area contributed by atoms with Gasteiger partial charge < -0.3 is 10.2 Å². The first-order valence-electron chi connectivity index (χ1n) is 7.70. The fourth-order valence-corrected chi connectivity index (χ4v) is 3.44. The molecule has 0 unspecified atom stereocenters. The molecule has 23 heavy (non-hydrogen) atoms. The Morgan fingerprint density at radius 1 is 1.22 bits per heavy atom. The number of nitrogens with zero attached hydrogens (tertiary/aromatic N) is 2. The largest absolute Gasteiger partial charge is 0.344 e. The SMILES string of the molecule is CC(=O)N[C@@H](C(=O)N(C)[C@H](C)c1nc2ccccc2s1)C(C)C. The average molecular weight is 333 g/mol. The summed E-state index contributed by atoms with van der Waals surface area (Å²) in [6.07, 6.45) is 0. The van der Waals surface area contributed by atoms with E-state index in [4.69, 9.17) is 0 Å². The minimum Gasteiger partial charge on any atom is -0.344 e. The molecule has 0 saturated carbocycles. The van der Waals surface area contributed by atoms with Gasteiger partial charge in [-0.2, -0.15) is 0 Å². The van der Waals surface area contributed by atoms with Gasteiger partial charge in [-0.3, -0.25) is 9.59 Å². The fraction of sp³-hybridized carbons (Fsp3) is 0.471. The van der Waals surface area contributed by atoms with Crippen molar-refractivity contribution in [2.75, 3.05) is 7.05 Å². The van der Waals surface area contributed by atoms with Gasteiger partial charge in [0.2, 0.25) is 11.8 Å². The molecule has 0 fully saturated rings. The number of para-hydroxylation sites is 1. The van der Waals surface area contributed by atoms with Crippen molar-refractivity contribution < 1.29 is 9.59 Å². The lowest BCUT2D eigenvalue weighted by atomic mass is 10.0. The smallest absolute Gasteiger partial charge is 0.245 e. The van der Waals surface area contributed by atoms with Gasteiger partial charge in [0.05, 0.1) is 16.3 Å². The summed E-state index contributed by atoms with van der Waals surface area (Å²) in [6.45, 7) is 7.24. The number of benzene rings is 1. The second kappa shape index (κ2) is 7.08. The summed E-state index contributed by atoms with van der Waals surface area (Å²) in [5.74, 6) is -0.267. The standard InChI is InChI=1S/C17H23N3O2S/c1-10(2)15(18-12(4)21)17(22)20(5)11(3)16-19-13-8-6-7-9-14(13)23-16/h6-11,15H,1-5H3,(H,18,21)/t11-,15-/m1/s1. The number of carbonyl (C=O) groups is 2. The summed E-state index contributed by atoms with van der Waals surface area (Å²) in [5.41, 5.74) is 0.947. The highest BCUT2D eigenvalue weighted by atomic mass is 32.1. The summed E-state index contributed by atoms with van der Waals surface area (Å²) in [7, 11) is 1.76. The molecule has 124 valence electrons. The number of nitrogens with one attached hydrogen (secondary N) is 1. The molecule has 1 aromatic carbocycles. The Hall–Kier alpha value is -1.95. The zero-order chi connectivity index (χ0) is 17.1. The van der Waals surface area contributed by atoms with Crippen molar-refractivity contribution in [1.29, 1.82) is 0 Å². The van der Waals surface area contributed by atoms with Crippen LogP contribution in [0.15, 0.2) is 24.3 Å². The lowest BCUT2D eigenvalue weighted by molar-refractivity contribution is -0.137. The Morgan fingerprint density at radius 2 is 1.87 bits per heavy atom. The third-order valence-corrected chi connectivity index (χ3v) is 5.09. The number of carbonyl (C=O) groups excluding carboxylic acids is 2. The highest BCUT2D eigenvalue weighted by Crippen LogP contribution is 2.29. The molecule has 2 rings (SSSR count). The molecule has 5 nitrogen and oxygen atoms in total. The van der Waals surface area contributed by atoms with Crippen molar-refractivity contribution >= 4 is 33.4 Å². The predicted octanol–water partition coefficient (Wildman–Crippen LogP) is 2.98. The third kappa shape index (κ3) is 3.88. The molecule has 0 aliphatic heterocycles. The van der Waals surface area contributed by atoms with E-state index in [0.29, 0.717) is 0 Å². The quantitative estimate of drug-likeness (QED) is 0.915. The minimum absolute atomic E-state index is 0.0245. The van der Waals surface area contributed by atoms with Gasteiger partial charge in [0.1, 0.15) is 11.0 Å². The molecule has 2 aromatic rings. The van der Waals surface area contributed by atoms with Crippen LogP contribution in [-0.4, -0.2) is 34.8 Å². The minimum atomic E-state index is -0.519. The van der Waals surface area contributed by atoms with E-state index in [0.717, 1.165) is 15.2 Å². The van der Waals surface area contributed by atoms with Crippen LogP contribution in [0.2, 0.25) is 0 Å². The Morgan fingerprint density at radius 3 is 2.43 bits per heavy atom. The summed E-state index contributed by atoms with van der Waals surface area (Å²) >= 11 is 1.59. The second-order valence-electron chi connectivity index (χ2n) is 6.07. The lowest BCUT2D eigenvalue weighted by Crippen LogP contribution is -2.50. The molecule has 2 amide bonds. The van der Waals surface area contributed by atoms with Gasteiger partial charge in [-0.25, -0.2) is 4.98 Å². The van der Waals surface area contributed by atoms with E-state index in [1.807, 2.05) is 45.0 Å². The average Bonchev–Trinajstić information content (AvgIpc) is 2.94. The van der Waals surface area contributed by atoms with Crippen LogP contribution in [0.25, 0.3) is 10.2 Å². The van der Waals surface area contributed by atoms with Crippen molar-refractivity contribution in [3.05, 3.63) is 29.3 Å². The normalized spacial score (nSPS) is 13.8. The summed E-state index contributed by atoms with van der Waals surface area (Å²) < 4.78 is 1.11. The van der Waals surface area contributed by atoms with Crippen LogP contribution in [0, 0.1) is 5.92 Å². The molecule has 6 heteroatoms. The van der Waals surface area contributed by atoms with Crippen LogP contribution in [0.4, 0.5) is 0 Å². The third-order valence-electron chi connectivity index (χ3n) is 3.89. The van der Waals surface area contributed by atoms with Gasteiger partial charge in [-0.15, -0.1) is 11.3 Å². The van der Waals surface area contributed by atoms with Crippen LogP contribution in [-0.2, 0) is 9.59 Å². The van der Waals surface area contributed by atoms with Crippen molar-refractivity contribution in [2.24, 2.45) is 5.92 Å². The van der Waals surface area contributed by atoms with Gasteiger partial charge in [0, 0.05) is 14.0 Å². The topological polar surface area (TPSA) is 62.3 Å². The first-order chi connectivity index (χ1) is 10.8. The molecular weight excluding hydrogens is 310 g/mol. The number of amides is 2. The summed E-state index contributed by atoms with van der Waals surface area (Å²) in [6, 6.07) is 7.27. The summed E-state index contributed by atoms with van der Waals surface area (Å²) in [5, 5.41) is 3.64. The van der Waals surface area contributed by atoms with Crippen molar-refractivity contribution in [3.8, 4) is 0 Å². The number of fused-ring (bicyclic) bond motifs is 1. The van der Waals surface area contributed by atoms with E-state index >= 15 is 0 Å². The van der Waals surface area contributed by atoms with Gasteiger partial charge >= 0.3 is 0 Å². The molecule has 1 heterocycles. The van der Waals surface area contributed by atoms with Crippen LogP contribution in [0.1, 0.15) is 38.7 Å². The summed E-state index contributed by atoms with van der Waals surface area (Å²) in [4.78, 5) is 30.4. The van der Waals surface area contributed by atoms with Crippen LogP contribution in [0.5, 0.6) is 0 Å². The van der Waals surface area contributed by atoms with Crippen LogP contribution < -0.4 is 5.32 Å². The number of likely N-dealkylation sites (N-methyl/N-ethyl adjacent to an activating group) is 1. The molecule has 0 radical (unpaired) electrons. The highest BCUT2D eigenvalue weighted by molar-refractivity contribution is 7.18. The monoisotopic (exact) mass is 333 g/mol.